The number of hydrogen-bond acceptors (Lipinski definition) is 5. The van der Waals surface area contributed by atoms with Crippen LogP contribution < -0.4 is 5.11 Å². The molecule has 1 aromatic carbocycles. The monoisotopic (exact) mass is 247 g/mol. The van der Waals surface area contributed by atoms with Crippen LogP contribution in [-0.4, -0.2) is 21.2 Å². The fraction of sp³-hybridized carbons (Fsp3) is 0.250. The molecule has 0 saturated heterocycles. The van der Waals surface area contributed by atoms with Gasteiger partial charge in [0.2, 0.25) is 0 Å². The highest BCUT2D eigenvalue weighted by Gasteiger charge is 2.12. The van der Waals surface area contributed by atoms with Gasteiger partial charge >= 0.3 is 0 Å². The molecule has 5 heteroatoms. The topological polar surface area (TPSA) is 65.9 Å². The molecule has 0 bridgehead atoms. The summed E-state index contributed by atoms with van der Waals surface area (Å²) in [5.41, 5.74) is 0.818. The van der Waals surface area contributed by atoms with E-state index in [1.807, 2.05) is 31.2 Å². The number of rotatable bonds is 4. The Morgan fingerprint density at radius 1 is 1.41 bits per heavy atom. The third-order valence-electron chi connectivity index (χ3n) is 2.39. The Bertz CT molecular complexity index is 540. The second-order valence-electron chi connectivity index (χ2n) is 3.53. The molecule has 2 aromatic rings. The number of para-hydroxylation sites is 1. The third kappa shape index (κ3) is 2.55. The van der Waals surface area contributed by atoms with E-state index in [4.69, 9.17) is 0 Å². The highest BCUT2D eigenvalue weighted by molar-refractivity contribution is 8.00. The number of aliphatic carboxylic acids is 1. The number of thioether (sulfide) groups is 1. The van der Waals surface area contributed by atoms with Gasteiger partial charge in [-0.2, -0.15) is 0 Å². The fourth-order valence-corrected chi connectivity index (χ4v) is 2.45. The van der Waals surface area contributed by atoms with Gasteiger partial charge in [0.1, 0.15) is 11.4 Å². The van der Waals surface area contributed by atoms with Gasteiger partial charge in [-0.25, -0.2) is 9.97 Å². The highest BCUT2D eigenvalue weighted by Crippen LogP contribution is 2.28. The summed E-state index contributed by atoms with van der Waals surface area (Å²) in [6.07, 6.45) is 1.96. The molecule has 2 rings (SSSR count). The summed E-state index contributed by atoms with van der Waals surface area (Å²) < 4.78 is 0. The van der Waals surface area contributed by atoms with Crippen molar-refractivity contribution in [1.29, 1.82) is 0 Å². The Hall–Kier alpha value is -1.62. The van der Waals surface area contributed by atoms with Gasteiger partial charge in [-0.05, 0) is 12.5 Å². The van der Waals surface area contributed by atoms with E-state index in [-0.39, 0.29) is 0 Å². The van der Waals surface area contributed by atoms with E-state index in [1.54, 1.807) is 0 Å². The number of carboxylic acid groups (broad SMARTS) is 1. The summed E-state index contributed by atoms with van der Waals surface area (Å²) >= 11 is 1.21. The first-order chi connectivity index (χ1) is 8.22. The molecule has 4 nitrogen and oxygen atoms in total. The maximum Gasteiger partial charge on any atom is 0.117 e. The van der Waals surface area contributed by atoms with Crippen molar-refractivity contribution in [3.63, 3.8) is 0 Å². The number of hydrogen-bond donors (Lipinski definition) is 0. The Morgan fingerprint density at radius 3 is 2.88 bits per heavy atom. The first-order valence-corrected chi connectivity index (χ1v) is 6.17. The molecule has 0 aliphatic carbocycles. The molecule has 0 unspecified atom stereocenters. The number of aromatic nitrogens is 2. The van der Waals surface area contributed by atoms with E-state index < -0.39 is 11.2 Å². The van der Waals surface area contributed by atoms with E-state index >= 15 is 0 Å². The minimum atomic E-state index is -1.06. The van der Waals surface area contributed by atoms with Crippen molar-refractivity contribution in [3.8, 4) is 0 Å². The van der Waals surface area contributed by atoms with Gasteiger partial charge in [-0.15, -0.1) is 0 Å². The maximum absolute atomic E-state index is 10.9. The molecular weight excluding hydrogens is 236 g/mol. The smallest absolute Gasteiger partial charge is 0.117 e. The van der Waals surface area contributed by atoms with Crippen LogP contribution in [-0.2, 0) is 4.79 Å². The molecule has 1 atom stereocenters. The van der Waals surface area contributed by atoms with Crippen molar-refractivity contribution in [2.45, 2.75) is 23.6 Å². The van der Waals surface area contributed by atoms with Crippen molar-refractivity contribution < 1.29 is 9.90 Å². The van der Waals surface area contributed by atoms with E-state index in [0.717, 1.165) is 10.9 Å². The van der Waals surface area contributed by atoms with Crippen molar-refractivity contribution in [2.24, 2.45) is 0 Å². The summed E-state index contributed by atoms with van der Waals surface area (Å²) in [4.78, 5) is 19.2. The number of carbonyl (C=O) groups excluding carboxylic acids is 1. The zero-order chi connectivity index (χ0) is 12.3. The van der Waals surface area contributed by atoms with E-state index in [0.29, 0.717) is 11.4 Å². The Kier molecular flexibility index (Phi) is 3.58. The highest BCUT2D eigenvalue weighted by atomic mass is 32.2. The van der Waals surface area contributed by atoms with E-state index in [2.05, 4.69) is 9.97 Å². The Morgan fingerprint density at radius 2 is 2.18 bits per heavy atom. The largest absolute Gasteiger partial charge is 0.549 e. The molecule has 0 aliphatic heterocycles. The van der Waals surface area contributed by atoms with Gasteiger partial charge in [0.15, 0.2) is 0 Å². The van der Waals surface area contributed by atoms with Crippen LogP contribution in [0.4, 0.5) is 0 Å². The molecule has 0 saturated carbocycles. The second kappa shape index (κ2) is 5.14. The first-order valence-electron chi connectivity index (χ1n) is 5.29. The van der Waals surface area contributed by atoms with Crippen molar-refractivity contribution in [2.75, 3.05) is 0 Å². The lowest BCUT2D eigenvalue weighted by molar-refractivity contribution is -0.304. The molecular formula is C12H11N2O2S-. The fourth-order valence-electron chi connectivity index (χ4n) is 1.51. The minimum Gasteiger partial charge on any atom is -0.549 e. The molecule has 0 fully saturated rings. The van der Waals surface area contributed by atoms with E-state index in [9.17, 15) is 9.90 Å². The standard InChI is InChI=1S/C12H12N2O2S/c1-2-10(12(15)16)17-11-8-5-3-4-6-9(8)13-7-14-11/h3-7,10H,2H2,1H3,(H,15,16)/p-1/t10-/m1/s1. The zero-order valence-corrected chi connectivity index (χ0v) is 10.1. The van der Waals surface area contributed by atoms with Gasteiger partial charge in [-0.1, -0.05) is 36.9 Å². The summed E-state index contributed by atoms with van der Waals surface area (Å²) in [6.45, 7) is 1.82. The normalized spacial score (nSPS) is 12.5. The zero-order valence-electron chi connectivity index (χ0n) is 9.29. The third-order valence-corrected chi connectivity index (χ3v) is 3.75. The molecule has 0 N–H and O–H groups in total. The molecule has 0 amide bonds. The van der Waals surface area contributed by atoms with Gasteiger partial charge in [-0.3, -0.25) is 0 Å². The quantitative estimate of drug-likeness (QED) is 0.601. The van der Waals surface area contributed by atoms with Crippen molar-refractivity contribution in [3.05, 3.63) is 30.6 Å². The van der Waals surface area contributed by atoms with Gasteiger partial charge in [0.25, 0.3) is 0 Å². The van der Waals surface area contributed by atoms with Gasteiger partial charge < -0.3 is 9.90 Å². The molecule has 1 heterocycles. The van der Waals surface area contributed by atoms with Crippen LogP contribution in [0, 0.1) is 0 Å². The minimum absolute atomic E-state index is 0.505. The lowest BCUT2D eigenvalue weighted by atomic mass is 10.2. The predicted molar refractivity (Wildman–Crippen MR) is 64.5 cm³/mol. The number of benzene rings is 1. The number of carboxylic acids is 1. The molecule has 17 heavy (non-hydrogen) atoms. The molecule has 1 aromatic heterocycles. The van der Waals surface area contributed by atoms with Crippen LogP contribution in [0.1, 0.15) is 13.3 Å². The predicted octanol–water partition coefficient (Wildman–Crippen LogP) is 1.25. The van der Waals surface area contributed by atoms with Crippen LogP contribution in [0.2, 0.25) is 0 Å². The average Bonchev–Trinajstić information content (AvgIpc) is 2.35. The van der Waals surface area contributed by atoms with Gasteiger partial charge in [0, 0.05) is 5.39 Å². The number of nitrogens with zero attached hydrogens (tertiary/aromatic N) is 2. The summed E-state index contributed by atoms with van der Waals surface area (Å²) in [7, 11) is 0. The SMILES string of the molecule is CC[C@@H](Sc1ncnc2ccccc12)C(=O)[O-]. The molecule has 0 aliphatic rings. The molecule has 0 radical (unpaired) electrons. The van der Waals surface area contributed by atoms with Gasteiger partial charge in [0.05, 0.1) is 16.7 Å². The average molecular weight is 247 g/mol. The number of carbonyl (C=O) groups is 1. The van der Waals surface area contributed by atoms with Crippen LogP contribution in [0.15, 0.2) is 35.6 Å². The summed E-state index contributed by atoms with van der Waals surface area (Å²) in [6, 6.07) is 7.54. The maximum atomic E-state index is 10.9. The second-order valence-corrected chi connectivity index (χ2v) is 4.72. The Labute approximate surface area is 103 Å². The Balaban J connectivity index is 2.38. The summed E-state index contributed by atoms with van der Waals surface area (Å²) in [5, 5.41) is 11.9. The number of fused-ring (bicyclic) bond motifs is 1. The van der Waals surface area contributed by atoms with Crippen LogP contribution in [0.5, 0.6) is 0 Å². The van der Waals surface area contributed by atoms with Crippen LogP contribution in [0.3, 0.4) is 0 Å². The molecule has 0 spiro atoms. The summed E-state index contributed by atoms with van der Waals surface area (Å²) in [5.74, 6) is -1.06. The van der Waals surface area contributed by atoms with Crippen LogP contribution in [0.25, 0.3) is 10.9 Å². The van der Waals surface area contributed by atoms with Crippen LogP contribution >= 0.6 is 11.8 Å². The van der Waals surface area contributed by atoms with E-state index in [1.165, 1.54) is 18.1 Å². The molecule has 88 valence electrons. The lowest BCUT2D eigenvalue weighted by Gasteiger charge is -2.15. The first kappa shape index (κ1) is 11.9. The van der Waals surface area contributed by atoms with Crippen molar-refractivity contribution in [1.82, 2.24) is 9.97 Å². The lowest BCUT2D eigenvalue weighted by Crippen LogP contribution is -2.33. The van der Waals surface area contributed by atoms with Crippen molar-refractivity contribution >= 4 is 28.6 Å².